The summed E-state index contributed by atoms with van der Waals surface area (Å²) in [6, 6.07) is 16.6. The summed E-state index contributed by atoms with van der Waals surface area (Å²) in [7, 11) is 0. The van der Waals surface area contributed by atoms with E-state index in [1.807, 2.05) is 12.3 Å². The SMILES string of the molecule is Cc1ccc(CNC(=O)C2CCN(c3ccnc4cc(Br)ccc34)CC2)cc1. The molecule has 0 atom stereocenters. The van der Waals surface area contributed by atoms with Crippen molar-refractivity contribution < 1.29 is 4.79 Å². The molecule has 2 heterocycles. The molecule has 3 aromatic rings. The summed E-state index contributed by atoms with van der Waals surface area (Å²) < 4.78 is 1.04. The molecule has 2 aromatic carbocycles. The van der Waals surface area contributed by atoms with Crippen molar-refractivity contribution in [1.29, 1.82) is 0 Å². The van der Waals surface area contributed by atoms with Gasteiger partial charge >= 0.3 is 0 Å². The van der Waals surface area contributed by atoms with Gasteiger partial charge in [-0.1, -0.05) is 45.8 Å². The topological polar surface area (TPSA) is 45.2 Å². The fourth-order valence-electron chi connectivity index (χ4n) is 3.80. The van der Waals surface area contributed by atoms with E-state index in [0.717, 1.165) is 46.9 Å². The minimum atomic E-state index is 0.0870. The number of nitrogens with one attached hydrogen (secondary N) is 1. The zero-order valence-corrected chi connectivity index (χ0v) is 17.6. The smallest absolute Gasteiger partial charge is 0.223 e. The van der Waals surface area contributed by atoms with Gasteiger partial charge in [0.05, 0.1) is 5.52 Å². The standard InChI is InChI=1S/C23H24BrN3O/c1-16-2-4-17(5-3-16)15-26-23(28)18-9-12-27(13-10-18)22-8-11-25-21-14-19(24)6-7-20(21)22/h2-8,11,14,18H,9-10,12-13,15H2,1H3,(H,26,28). The number of nitrogens with zero attached hydrogens (tertiary/aromatic N) is 2. The number of halogens is 1. The molecule has 1 N–H and O–H groups in total. The number of hydrogen-bond donors (Lipinski definition) is 1. The van der Waals surface area contributed by atoms with Crippen molar-refractivity contribution in [2.45, 2.75) is 26.3 Å². The molecule has 1 saturated heterocycles. The maximum atomic E-state index is 12.6. The molecule has 1 aliphatic heterocycles. The number of carbonyl (C=O) groups excluding carboxylic acids is 1. The Morgan fingerprint density at radius 3 is 2.64 bits per heavy atom. The first-order chi connectivity index (χ1) is 13.6. The number of aromatic nitrogens is 1. The van der Waals surface area contributed by atoms with Gasteiger partial charge in [-0.05, 0) is 49.6 Å². The van der Waals surface area contributed by atoms with Gasteiger partial charge < -0.3 is 10.2 Å². The summed E-state index contributed by atoms with van der Waals surface area (Å²) in [5, 5.41) is 4.27. The predicted octanol–water partition coefficient (Wildman–Crippen LogP) is 4.84. The Bertz CT molecular complexity index is 979. The van der Waals surface area contributed by atoms with E-state index >= 15 is 0 Å². The highest BCUT2D eigenvalue weighted by Crippen LogP contribution is 2.30. The summed E-state index contributed by atoms with van der Waals surface area (Å²) in [4.78, 5) is 19.4. The van der Waals surface area contributed by atoms with E-state index < -0.39 is 0 Å². The van der Waals surface area contributed by atoms with Crippen LogP contribution in [0.15, 0.2) is 59.2 Å². The van der Waals surface area contributed by atoms with Crippen LogP contribution in [0.3, 0.4) is 0 Å². The van der Waals surface area contributed by atoms with Crippen molar-refractivity contribution in [2.75, 3.05) is 18.0 Å². The van der Waals surface area contributed by atoms with E-state index in [1.165, 1.54) is 11.3 Å². The van der Waals surface area contributed by atoms with Crippen LogP contribution >= 0.6 is 15.9 Å². The van der Waals surface area contributed by atoms with Gasteiger partial charge in [0.1, 0.15) is 0 Å². The molecule has 1 aliphatic rings. The monoisotopic (exact) mass is 437 g/mol. The number of carbonyl (C=O) groups is 1. The number of amides is 1. The molecule has 0 bridgehead atoms. The third-order valence-corrected chi connectivity index (χ3v) is 5.97. The van der Waals surface area contributed by atoms with Crippen LogP contribution < -0.4 is 10.2 Å². The quantitative estimate of drug-likeness (QED) is 0.634. The van der Waals surface area contributed by atoms with Crippen molar-refractivity contribution in [3.8, 4) is 0 Å². The van der Waals surface area contributed by atoms with E-state index in [0.29, 0.717) is 6.54 Å². The summed E-state index contributed by atoms with van der Waals surface area (Å²) in [6.45, 7) is 4.44. The number of rotatable bonds is 4. The Balaban J connectivity index is 1.37. The van der Waals surface area contributed by atoms with Gasteiger partial charge in [0.2, 0.25) is 5.91 Å². The van der Waals surface area contributed by atoms with Crippen LogP contribution in [-0.2, 0) is 11.3 Å². The average molecular weight is 438 g/mol. The van der Waals surface area contributed by atoms with Crippen molar-refractivity contribution in [3.63, 3.8) is 0 Å². The number of aryl methyl sites for hydroxylation is 1. The van der Waals surface area contributed by atoms with Gasteiger partial charge in [-0.25, -0.2) is 0 Å². The molecule has 1 amide bonds. The number of benzene rings is 2. The number of hydrogen-bond acceptors (Lipinski definition) is 3. The summed E-state index contributed by atoms with van der Waals surface area (Å²) in [5.41, 5.74) is 4.57. The molecule has 4 rings (SSSR count). The molecular weight excluding hydrogens is 414 g/mol. The van der Waals surface area contributed by atoms with Crippen LogP contribution in [-0.4, -0.2) is 24.0 Å². The van der Waals surface area contributed by atoms with Gasteiger partial charge in [0.15, 0.2) is 0 Å². The van der Waals surface area contributed by atoms with Crippen LogP contribution in [0.4, 0.5) is 5.69 Å². The van der Waals surface area contributed by atoms with E-state index in [9.17, 15) is 4.79 Å². The minimum Gasteiger partial charge on any atom is -0.371 e. The summed E-state index contributed by atoms with van der Waals surface area (Å²) in [5.74, 6) is 0.257. The average Bonchev–Trinajstić information content (AvgIpc) is 2.72. The first-order valence-corrected chi connectivity index (χ1v) is 10.5. The Kier molecular flexibility index (Phi) is 5.62. The van der Waals surface area contributed by atoms with Crippen LogP contribution in [0.2, 0.25) is 0 Å². The summed E-state index contributed by atoms with van der Waals surface area (Å²) >= 11 is 3.51. The first-order valence-electron chi connectivity index (χ1n) is 9.72. The molecule has 0 radical (unpaired) electrons. The number of piperidine rings is 1. The zero-order chi connectivity index (χ0) is 19.5. The molecule has 28 heavy (non-hydrogen) atoms. The molecule has 1 fully saturated rings. The van der Waals surface area contributed by atoms with Crippen molar-refractivity contribution in [2.24, 2.45) is 5.92 Å². The lowest BCUT2D eigenvalue weighted by molar-refractivity contribution is -0.125. The van der Waals surface area contributed by atoms with Crippen molar-refractivity contribution in [3.05, 3.63) is 70.3 Å². The number of pyridine rings is 1. The Hall–Kier alpha value is -2.40. The third kappa shape index (κ3) is 4.20. The molecule has 5 heteroatoms. The van der Waals surface area contributed by atoms with Crippen molar-refractivity contribution in [1.82, 2.24) is 10.3 Å². The van der Waals surface area contributed by atoms with Crippen LogP contribution in [0.1, 0.15) is 24.0 Å². The lowest BCUT2D eigenvalue weighted by Crippen LogP contribution is -2.40. The molecule has 144 valence electrons. The first kappa shape index (κ1) is 18.9. The lowest BCUT2D eigenvalue weighted by Gasteiger charge is -2.33. The van der Waals surface area contributed by atoms with Gasteiger partial charge in [-0.15, -0.1) is 0 Å². The van der Waals surface area contributed by atoms with Gasteiger partial charge in [0, 0.05) is 47.3 Å². The van der Waals surface area contributed by atoms with Gasteiger partial charge in [-0.2, -0.15) is 0 Å². The molecule has 0 aliphatic carbocycles. The van der Waals surface area contributed by atoms with E-state index in [2.05, 4.69) is 80.5 Å². The zero-order valence-electron chi connectivity index (χ0n) is 16.0. The molecular formula is C23H24BrN3O. The second-order valence-electron chi connectivity index (χ2n) is 7.46. The highest BCUT2D eigenvalue weighted by atomic mass is 79.9. The largest absolute Gasteiger partial charge is 0.371 e. The molecule has 0 unspecified atom stereocenters. The molecule has 4 nitrogen and oxygen atoms in total. The van der Waals surface area contributed by atoms with Gasteiger partial charge in [0.25, 0.3) is 0 Å². The van der Waals surface area contributed by atoms with E-state index in [4.69, 9.17) is 0 Å². The fourth-order valence-corrected chi connectivity index (χ4v) is 4.15. The Labute approximate surface area is 174 Å². The highest BCUT2D eigenvalue weighted by Gasteiger charge is 2.25. The minimum absolute atomic E-state index is 0.0870. The van der Waals surface area contributed by atoms with Crippen LogP contribution in [0.5, 0.6) is 0 Å². The predicted molar refractivity (Wildman–Crippen MR) is 117 cm³/mol. The second-order valence-corrected chi connectivity index (χ2v) is 8.37. The normalized spacial score (nSPS) is 15.0. The number of fused-ring (bicyclic) bond motifs is 1. The Morgan fingerprint density at radius 2 is 1.89 bits per heavy atom. The third-order valence-electron chi connectivity index (χ3n) is 5.48. The van der Waals surface area contributed by atoms with E-state index in [-0.39, 0.29) is 11.8 Å². The number of anilines is 1. The van der Waals surface area contributed by atoms with Crippen molar-refractivity contribution >= 4 is 38.4 Å². The highest BCUT2D eigenvalue weighted by molar-refractivity contribution is 9.10. The fraction of sp³-hybridized carbons (Fsp3) is 0.304. The molecule has 1 aromatic heterocycles. The van der Waals surface area contributed by atoms with E-state index in [1.54, 1.807) is 0 Å². The van der Waals surface area contributed by atoms with Crippen LogP contribution in [0.25, 0.3) is 10.9 Å². The molecule has 0 saturated carbocycles. The van der Waals surface area contributed by atoms with Gasteiger partial charge in [-0.3, -0.25) is 9.78 Å². The second kappa shape index (κ2) is 8.31. The summed E-state index contributed by atoms with van der Waals surface area (Å²) in [6.07, 6.45) is 3.62. The maximum absolute atomic E-state index is 12.6. The Morgan fingerprint density at radius 1 is 1.14 bits per heavy atom. The maximum Gasteiger partial charge on any atom is 0.223 e. The lowest BCUT2D eigenvalue weighted by atomic mass is 9.95. The van der Waals surface area contributed by atoms with Crippen LogP contribution in [0, 0.1) is 12.8 Å². The molecule has 0 spiro atoms.